The van der Waals surface area contributed by atoms with Crippen LogP contribution in [0.5, 0.6) is 11.5 Å². The molecular weight excluding hydrogens is 403 g/mol. The number of halogens is 1. The Bertz CT molecular complexity index is 1240. The van der Waals surface area contributed by atoms with Crippen molar-refractivity contribution in [2.24, 2.45) is 0 Å². The Morgan fingerprint density at radius 1 is 1.19 bits per heavy atom. The predicted octanol–water partition coefficient (Wildman–Crippen LogP) is 3.72. The molecule has 1 aromatic carbocycles. The summed E-state index contributed by atoms with van der Waals surface area (Å²) in [6.07, 6.45) is 3.27. The van der Waals surface area contributed by atoms with Gasteiger partial charge in [0.05, 0.1) is 24.1 Å². The highest BCUT2D eigenvalue weighted by Gasteiger charge is 2.12. The summed E-state index contributed by atoms with van der Waals surface area (Å²) in [5.41, 5.74) is 7.19. The van der Waals surface area contributed by atoms with Crippen LogP contribution in [-0.2, 0) is 16.0 Å². The summed E-state index contributed by atoms with van der Waals surface area (Å²) in [5, 5.41) is 3.70. The smallest absolute Gasteiger partial charge is 0.311 e. The lowest BCUT2D eigenvalue weighted by Gasteiger charge is -2.11. The van der Waals surface area contributed by atoms with Crippen molar-refractivity contribution < 1.29 is 18.7 Å². The highest BCUT2D eigenvalue weighted by molar-refractivity contribution is 5.82. The van der Waals surface area contributed by atoms with E-state index in [1.807, 2.05) is 0 Å². The molecule has 0 radical (unpaired) electrons. The Hall–Kier alpha value is -4.21. The second kappa shape index (κ2) is 8.66. The summed E-state index contributed by atoms with van der Waals surface area (Å²) >= 11 is 0. The van der Waals surface area contributed by atoms with E-state index in [9.17, 15) is 9.18 Å². The number of rotatable bonds is 7. The third-order valence-corrected chi connectivity index (χ3v) is 4.27. The maximum absolute atomic E-state index is 14.7. The molecule has 0 unspecified atom stereocenters. The van der Waals surface area contributed by atoms with Crippen LogP contribution in [0.4, 0.5) is 21.8 Å². The van der Waals surface area contributed by atoms with Crippen LogP contribution >= 0.6 is 0 Å². The quantitative estimate of drug-likeness (QED) is 0.385. The highest BCUT2D eigenvalue weighted by Crippen LogP contribution is 2.31. The van der Waals surface area contributed by atoms with E-state index >= 15 is 0 Å². The Balaban J connectivity index is 1.51. The van der Waals surface area contributed by atoms with Crippen LogP contribution in [0.1, 0.15) is 12.6 Å². The van der Waals surface area contributed by atoms with Gasteiger partial charge in [0, 0.05) is 30.2 Å². The summed E-state index contributed by atoms with van der Waals surface area (Å²) in [7, 11) is 0. The molecular formula is C21H19FN6O3. The minimum atomic E-state index is -0.570. The standard InChI is InChI=1S/C21H19FN6O3/c1-2-30-19(29)11-13-10-18(28-21(23)27-13)26-12-3-4-17(15(22)9-12)31-16-6-8-25-20-14(16)5-7-24-20/h3-10H,2,11H2,1H3,(H,24,25)(H3,23,26,27,28). The minimum Gasteiger partial charge on any atom is -0.466 e. The number of nitrogen functional groups attached to an aromatic ring is 1. The Labute approximate surface area is 176 Å². The molecule has 0 saturated heterocycles. The molecule has 0 atom stereocenters. The highest BCUT2D eigenvalue weighted by atomic mass is 19.1. The summed E-state index contributed by atoms with van der Waals surface area (Å²) in [6, 6.07) is 9.43. The monoisotopic (exact) mass is 422 g/mol. The first-order valence-corrected chi connectivity index (χ1v) is 9.47. The molecule has 0 aliphatic heterocycles. The largest absolute Gasteiger partial charge is 0.466 e. The van der Waals surface area contributed by atoms with E-state index in [0.29, 0.717) is 28.6 Å². The number of benzene rings is 1. The molecule has 4 aromatic rings. The average Bonchev–Trinajstić information content (AvgIpc) is 3.19. The number of carbonyl (C=O) groups is 1. The Morgan fingerprint density at radius 2 is 2.06 bits per heavy atom. The summed E-state index contributed by atoms with van der Waals surface area (Å²) in [6.45, 7) is 1.99. The fourth-order valence-electron chi connectivity index (χ4n) is 2.98. The number of nitrogens with one attached hydrogen (secondary N) is 2. The van der Waals surface area contributed by atoms with Gasteiger partial charge in [0.15, 0.2) is 11.6 Å². The maximum Gasteiger partial charge on any atom is 0.311 e. The number of fused-ring (bicyclic) bond motifs is 1. The number of nitrogens with two attached hydrogens (primary N) is 1. The van der Waals surface area contributed by atoms with Crippen molar-refractivity contribution in [1.82, 2.24) is 19.9 Å². The van der Waals surface area contributed by atoms with Crippen molar-refractivity contribution in [3.05, 3.63) is 60.3 Å². The van der Waals surface area contributed by atoms with Gasteiger partial charge < -0.3 is 25.5 Å². The number of hydrogen-bond donors (Lipinski definition) is 3. The SMILES string of the molecule is CCOC(=O)Cc1cc(Nc2ccc(Oc3ccnc4[nH]ccc34)c(F)c2)nc(N)n1. The van der Waals surface area contributed by atoms with Crippen LogP contribution in [0.2, 0.25) is 0 Å². The lowest BCUT2D eigenvalue weighted by atomic mass is 10.2. The first-order chi connectivity index (χ1) is 15.0. The molecule has 4 rings (SSSR count). The van der Waals surface area contributed by atoms with E-state index in [1.165, 1.54) is 12.1 Å². The maximum atomic E-state index is 14.7. The number of H-pyrrole nitrogens is 1. The van der Waals surface area contributed by atoms with Crippen LogP contribution in [0, 0.1) is 5.82 Å². The van der Waals surface area contributed by atoms with Gasteiger partial charge in [0.1, 0.15) is 17.2 Å². The zero-order valence-corrected chi connectivity index (χ0v) is 16.6. The van der Waals surface area contributed by atoms with Crippen molar-refractivity contribution in [3.8, 4) is 11.5 Å². The number of nitrogens with zero attached hydrogens (tertiary/aromatic N) is 3. The van der Waals surface area contributed by atoms with Gasteiger partial charge >= 0.3 is 5.97 Å². The van der Waals surface area contributed by atoms with Gasteiger partial charge in [0.25, 0.3) is 0 Å². The number of anilines is 3. The number of esters is 1. The average molecular weight is 422 g/mol. The molecule has 158 valence electrons. The third kappa shape index (κ3) is 4.69. The molecule has 0 saturated carbocycles. The minimum absolute atomic E-state index is 0.0158. The molecule has 0 amide bonds. The van der Waals surface area contributed by atoms with Gasteiger partial charge in [-0.2, -0.15) is 4.98 Å². The predicted molar refractivity (Wildman–Crippen MR) is 113 cm³/mol. The van der Waals surface area contributed by atoms with Crippen LogP contribution in [0.3, 0.4) is 0 Å². The third-order valence-electron chi connectivity index (χ3n) is 4.27. The number of hydrogen-bond acceptors (Lipinski definition) is 8. The number of ether oxygens (including phenoxy) is 2. The first-order valence-electron chi connectivity index (χ1n) is 9.47. The summed E-state index contributed by atoms with van der Waals surface area (Å²) in [5.74, 6) is -0.144. The normalized spacial score (nSPS) is 10.8. The Morgan fingerprint density at radius 3 is 2.87 bits per heavy atom. The van der Waals surface area contributed by atoms with Crippen LogP contribution in [-0.4, -0.2) is 32.5 Å². The van der Waals surface area contributed by atoms with Gasteiger partial charge in [-0.15, -0.1) is 0 Å². The van der Waals surface area contributed by atoms with Crippen molar-refractivity contribution in [2.75, 3.05) is 17.7 Å². The first kappa shape index (κ1) is 20.1. The molecule has 0 spiro atoms. The molecule has 0 aliphatic carbocycles. The van der Waals surface area contributed by atoms with Gasteiger partial charge in [-0.25, -0.2) is 14.4 Å². The second-order valence-electron chi connectivity index (χ2n) is 6.51. The molecule has 4 N–H and O–H groups in total. The topological polar surface area (TPSA) is 128 Å². The molecule has 3 aromatic heterocycles. The molecule has 31 heavy (non-hydrogen) atoms. The van der Waals surface area contributed by atoms with E-state index < -0.39 is 11.8 Å². The Kier molecular flexibility index (Phi) is 5.61. The van der Waals surface area contributed by atoms with Crippen LogP contribution < -0.4 is 15.8 Å². The number of aromatic amines is 1. The van der Waals surface area contributed by atoms with Crippen LogP contribution in [0.15, 0.2) is 48.8 Å². The second-order valence-corrected chi connectivity index (χ2v) is 6.51. The summed E-state index contributed by atoms with van der Waals surface area (Å²) < 4.78 is 25.3. The van der Waals surface area contributed by atoms with E-state index in [2.05, 4.69) is 25.3 Å². The zero-order chi connectivity index (χ0) is 21.8. The van der Waals surface area contributed by atoms with Gasteiger partial charge in [0.2, 0.25) is 5.95 Å². The van der Waals surface area contributed by atoms with E-state index in [0.717, 1.165) is 5.39 Å². The van der Waals surface area contributed by atoms with E-state index in [1.54, 1.807) is 43.6 Å². The zero-order valence-electron chi connectivity index (χ0n) is 16.6. The number of carbonyl (C=O) groups excluding carboxylic acids is 1. The van der Waals surface area contributed by atoms with E-state index in [4.69, 9.17) is 15.2 Å². The molecule has 0 bridgehead atoms. The van der Waals surface area contributed by atoms with Crippen molar-refractivity contribution >= 4 is 34.5 Å². The molecule has 10 heteroatoms. The molecule has 9 nitrogen and oxygen atoms in total. The van der Waals surface area contributed by atoms with E-state index in [-0.39, 0.29) is 24.7 Å². The van der Waals surface area contributed by atoms with Crippen molar-refractivity contribution in [3.63, 3.8) is 0 Å². The lowest BCUT2D eigenvalue weighted by Crippen LogP contribution is -2.11. The molecule has 0 aliphatic rings. The van der Waals surface area contributed by atoms with Gasteiger partial charge in [-0.1, -0.05) is 0 Å². The fraction of sp³-hybridized carbons (Fsp3) is 0.143. The lowest BCUT2D eigenvalue weighted by molar-refractivity contribution is -0.142. The van der Waals surface area contributed by atoms with Gasteiger partial charge in [-0.3, -0.25) is 4.79 Å². The van der Waals surface area contributed by atoms with Crippen molar-refractivity contribution in [1.29, 1.82) is 0 Å². The van der Waals surface area contributed by atoms with Crippen molar-refractivity contribution in [2.45, 2.75) is 13.3 Å². The number of pyridine rings is 1. The number of aromatic nitrogens is 4. The van der Waals surface area contributed by atoms with Crippen LogP contribution in [0.25, 0.3) is 11.0 Å². The molecule has 0 fully saturated rings. The molecule has 3 heterocycles. The fourth-order valence-corrected chi connectivity index (χ4v) is 2.98. The van der Waals surface area contributed by atoms with Gasteiger partial charge in [-0.05, 0) is 31.2 Å². The summed E-state index contributed by atoms with van der Waals surface area (Å²) in [4.78, 5) is 26.9.